The summed E-state index contributed by atoms with van der Waals surface area (Å²) < 4.78 is 13.3. The quantitative estimate of drug-likeness (QED) is 0.273. The molecule has 0 saturated heterocycles. The first-order valence-electron chi connectivity index (χ1n) is 11.0. The fourth-order valence-corrected chi connectivity index (χ4v) is 5.53. The lowest BCUT2D eigenvalue weighted by Gasteiger charge is -2.24. The summed E-state index contributed by atoms with van der Waals surface area (Å²) >= 11 is 0. The molecule has 3 nitrogen and oxygen atoms in total. The van der Waals surface area contributed by atoms with Crippen LogP contribution in [-0.4, -0.2) is 9.79 Å². The van der Waals surface area contributed by atoms with Crippen molar-refractivity contribution in [1.29, 1.82) is 0 Å². The lowest BCUT2D eigenvalue weighted by atomic mass is 9.85. The molecular formula is C30H23O3P. The summed E-state index contributed by atoms with van der Waals surface area (Å²) in [5, 5.41) is 0.0464. The van der Waals surface area contributed by atoms with E-state index in [2.05, 4.69) is 6.07 Å². The monoisotopic (exact) mass is 462 g/mol. The van der Waals surface area contributed by atoms with Crippen LogP contribution >= 0.6 is 7.60 Å². The Kier molecular flexibility index (Phi) is 6.00. The van der Waals surface area contributed by atoms with E-state index < -0.39 is 7.60 Å². The zero-order valence-corrected chi connectivity index (χ0v) is 19.3. The number of benzene rings is 5. The molecule has 166 valence electrons. The molecular weight excluding hydrogens is 439 g/mol. The van der Waals surface area contributed by atoms with Gasteiger partial charge in [-0.05, 0) is 39.4 Å². The highest BCUT2D eigenvalue weighted by Crippen LogP contribution is 2.49. The molecule has 5 aromatic rings. The highest BCUT2D eigenvalue weighted by molar-refractivity contribution is 7.61. The Balaban J connectivity index is 2.02. The molecule has 0 bridgehead atoms. The van der Waals surface area contributed by atoms with Crippen molar-refractivity contribution >= 4 is 12.9 Å². The lowest BCUT2D eigenvalue weighted by molar-refractivity contribution is 0.387. The summed E-state index contributed by atoms with van der Waals surface area (Å²) in [5.74, 6) is 0. The molecule has 0 radical (unpaired) electrons. The maximum absolute atomic E-state index is 13.3. The predicted molar refractivity (Wildman–Crippen MR) is 140 cm³/mol. The normalized spacial score (nSPS) is 11.4. The minimum absolute atomic E-state index is 0.0464. The Morgan fingerprint density at radius 1 is 0.441 bits per heavy atom. The summed E-state index contributed by atoms with van der Waals surface area (Å²) in [6.45, 7) is 0. The van der Waals surface area contributed by atoms with E-state index in [9.17, 15) is 14.4 Å². The molecule has 2 N–H and O–H groups in total. The summed E-state index contributed by atoms with van der Waals surface area (Å²) in [6.07, 6.45) is 0. The van der Waals surface area contributed by atoms with Gasteiger partial charge >= 0.3 is 7.60 Å². The molecule has 0 aromatic heterocycles. The highest BCUT2D eigenvalue weighted by Gasteiger charge is 2.32. The maximum atomic E-state index is 13.3. The number of hydrogen-bond donors (Lipinski definition) is 2. The molecule has 4 heteroatoms. The SMILES string of the molecule is O=P(O)(O)c1c(-c2ccccc2)c(-c2ccccc2)cc(-c2ccccc2)c1-c1ccccc1. The van der Waals surface area contributed by atoms with Gasteiger partial charge in [0.05, 0.1) is 5.30 Å². The van der Waals surface area contributed by atoms with Gasteiger partial charge in [-0.1, -0.05) is 121 Å². The standard InChI is InChI=1S/C30H23O3P/c31-34(32,33)30-28(24-17-9-3-10-18-24)26(22-13-5-1-6-14-22)21-27(23-15-7-2-8-16-23)29(30)25-19-11-4-12-20-25/h1-21H,(H2,31,32,33). The molecule has 0 atom stereocenters. The predicted octanol–water partition coefficient (Wildman–Crippen LogP) is 7.16. The van der Waals surface area contributed by atoms with E-state index in [0.717, 1.165) is 33.4 Å². The van der Waals surface area contributed by atoms with Crippen molar-refractivity contribution in [3.63, 3.8) is 0 Å². The Morgan fingerprint density at radius 3 is 1.03 bits per heavy atom. The third kappa shape index (κ3) is 4.25. The van der Waals surface area contributed by atoms with Crippen LogP contribution in [-0.2, 0) is 4.57 Å². The Labute approximate surface area is 199 Å². The molecule has 0 heterocycles. The van der Waals surface area contributed by atoms with Crippen LogP contribution in [0.5, 0.6) is 0 Å². The van der Waals surface area contributed by atoms with Gasteiger partial charge in [-0.25, -0.2) is 0 Å². The van der Waals surface area contributed by atoms with Crippen LogP contribution < -0.4 is 5.30 Å². The Hall–Kier alpha value is -3.75. The number of hydrogen-bond acceptors (Lipinski definition) is 1. The van der Waals surface area contributed by atoms with E-state index in [0.29, 0.717) is 11.1 Å². The minimum atomic E-state index is -4.72. The molecule has 0 fully saturated rings. The van der Waals surface area contributed by atoms with Crippen molar-refractivity contribution in [3.05, 3.63) is 127 Å². The topological polar surface area (TPSA) is 57.5 Å². The second-order valence-corrected chi connectivity index (χ2v) is 9.61. The van der Waals surface area contributed by atoms with Gasteiger partial charge < -0.3 is 9.79 Å². The highest BCUT2D eigenvalue weighted by atomic mass is 31.2. The lowest BCUT2D eigenvalue weighted by Crippen LogP contribution is -2.15. The van der Waals surface area contributed by atoms with Crippen LogP contribution in [0.2, 0.25) is 0 Å². The van der Waals surface area contributed by atoms with Crippen LogP contribution in [0, 0.1) is 0 Å². The van der Waals surface area contributed by atoms with Crippen molar-refractivity contribution in [1.82, 2.24) is 0 Å². The second-order valence-electron chi connectivity index (χ2n) is 8.08. The largest absolute Gasteiger partial charge is 0.357 e. The van der Waals surface area contributed by atoms with Gasteiger partial charge in [0.25, 0.3) is 0 Å². The third-order valence-corrected chi connectivity index (χ3v) is 6.92. The first-order chi connectivity index (χ1) is 16.5. The second kappa shape index (κ2) is 9.24. The fraction of sp³-hybridized carbons (Fsp3) is 0. The van der Waals surface area contributed by atoms with Gasteiger partial charge in [0, 0.05) is 11.1 Å². The van der Waals surface area contributed by atoms with Crippen LogP contribution in [0.25, 0.3) is 44.5 Å². The van der Waals surface area contributed by atoms with Crippen LogP contribution in [0.3, 0.4) is 0 Å². The van der Waals surface area contributed by atoms with Gasteiger partial charge in [0.1, 0.15) is 0 Å². The van der Waals surface area contributed by atoms with Crippen molar-refractivity contribution in [2.24, 2.45) is 0 Å². The summed E-state index contributed by atoms with van der Waals surface area (Å²) in [6, 6.07) is 40.6. The van der Waals surface area contributed by atoms with Gasteiger partial charge in [-0.15, -0.1) is 0 Å². The van der Waals surface area contributed by atoms with E-state index >= 15 is 0 Å². The zero-order valence-electron chi connectivity index (χ0n) is 18.4. The van der Waals surface area contributed by atoms with Gasteiger partial charge in [-0.3, -0.25) is 4.57 Å². The summed E-state index contributed by atoms with van der Waals surface area (Å²) in [7, 11) is -4.72. The van der Waals surface area contributed by atoms with Gasteiger partial charge in [0.2, 0.25) is 0 Å². The van der Waals surface area contributed by atoms with Crippen LogP contribution in [0.15, 0.2) is 127 Å². The van der Waals surface area contributed by atoms with Gasteiger partial charge in [-0.2, -0.15) is 0 Å². The van der Waals surface area contributed by atoms with Crippen molar-refractivity contribution in [2.45, 2.75) is 0 Å². The van der Waals surface area contributed by atoms with Crippen LogP contribution in [0.4, 0.5) is 0 Å². The smallest absolute Gasteiger partial charge is 0.321 e. The summed E-state index contributed by atoms with van der Waals surface area (Å²) in [4.78, 5) is 21.7. The summed E-state index contributed by atoms with van der Waals surface area (Å²) in [5.41, 5.74) is 5.98. The molecule has 0 aliphatic rings. The molecule has 0 spiro atoms. The van der Waals surface area contributed by atoms with Crippen molar-refractivity contribution in [2.75, 3.05) is 0 Å². The number of rotatable bonds is 5. The molecule has 5 aromatic carbocycles. The van der Waals surface area contributed by atoms with E-state index in [4.69, 9.17) is 0 Å². The molecule has 0 aliphatic heterocycles. The molecule has 5 rings (SSSR count). The average Bonchev–Trinajstić information content (AvgIpc) is 2.89. The Bertz CT molecular complexity index is 1360. The van der Waals surface area contributed by atoms with Gasteiger partial charge in [0.15, 0.2) is 0 Å². The molecule has 0 unspecified atom stereocenters. The third-order valence-electron chi connectivity index (χ3n) is 5.89. The first kappa shape index (κ1) is 22.1. The molecule has 0 amide bonds. The first-order valence-corrected chi connectivity index (χ1v) is 12.6. The molecule has 0 saturated carbocycles. The Morgan fingerprint density at radius 2 is 0.735 bits per heavy atom. The minimum Gasteiger partial charge on any atom is -0.321 e. The van der Waals surface area contributed by atoms with Crippen molar-refractivity contribution in [3.8, 4) is 44.5 Å². The van der Waals surface area contributed by atoms with E-state index in [-0.39, 0.29) is 5.30 Å². The van der Waals surface area contributed by atoms with E-state index in [1.165, 1.54) is 0 Å². The van der Waals surface area contributed by atoms with E-state index in [1.807, 2.05) is 121 Å². The molecule has 34 heavy (non-hydrogen) atoms. The zero-order chi connectivity index (χ0) is 23.5. The molecule has 0 aliphatic carbocycles. The van der Waals surface area contributed by atoms with E-state index in [1.54, 1.807) is 0 Å². The van der Waals surface area contributed by atoms with Crippen LogP contribution in [0.1, 0.15) is 0 Å². The fourth-order valence-electron chi connectivity index (χ4n) is 4.44. The maximum Gasteiger partial charge on any atom is 0.357 e. The van der Waals surface area contributed by atoms with Crippen molar-refractivity contribution < 1.29 is 14.4 Å². The average molecular weight is 462 g/mol.